The number of hydrogen-bond donors (Lipinski definition) is 1. The summed E-state index contributed by atoms with van der Waals surface area (Å²) in [5.41, 5.74) is 1.60. The van der Waals surface area contributed by atoms with Crippen LogP contribution in [-0.4, -0.2) is 41.2 Å². The van der Waals surface area contributed by atoms with E-state index in [1.54, 1.807) is 12.0 Å². The van der Waals surface area contributed by atoms with Crippen molar-refractivity contribution in [2.24, 2.45) is 0 Å². The van der Waals surface area contributed by atoms with E-state index in [-0.39, 0.29) is 23.1 Å². The van der Waals surface area contributed by atoms with Crippen LogP contribution in [0.4, 0.5) is 0 Å². The van der Waals surface area contributed by atoms with Crippen molar-refractivity contribution in [1.82, 2.24) is 10.2 Å². The molecule has 0 fully saturated rings. The molecule has 0 radical (unpaired) electrons. The molecule has 2 rings (SSSR count). The van der Waals surface area contributed by atoms with E-state index in [4.69, 9.17) is 16.3 Å². The second-order valence-electron chi connectivity index (χ2n) is 8.66. The van der Waals surface area contributed by atoms with Gasteiger partial charge in [0.15, 0.2) is 0 Å². The van der Waals surface area contributed by atoms with Crippen molar-refractivity contribution in [3.05, 3.63) is 64.7 Å². The number of nitrogens with zero attached hydrogens (tertiary/aromatic N) is 1. The lowest BCUT2D eigenvalue weighted by Crippen LogP contribution is -2.53. The van der Waals surface area contributed by atoms with Crippen molar-refractivity contribution < 1.29 is 14.3 Å². The van der Waals surface area contributed by atoms with Gasteiger partial charge in [0, 0.05) is 22.9 Å². The Morgan fingerprint density at radius 2 is 1.81 bits per heavy atom. The Bertz CT molecular complexity index is 914. The first-order valence-electron chi connectivity index (χ1n) is 10.7. The highest BCUT2D eigenvalue weighted by Gasteiger charge is 2.30. The minimum atomic E-state index is -0.556. The second-order valence-corrected chi connectivity index (χ2v) is 10.1. The summed E-state index contributed by atoms with van der Waals surface area (Å²) < 4.78 is 5.32. The van der Waals surface area contributed by atoms with E-state index in [9.17, 15) is 9.59 Å². The van der Waals surface area contributed by atoms with Gasteiger partial charge in [0.25, 0.3) is 0 Å². The first-order chi connectivity index (χ1) is 15.1. The maximum Gasteiger partial charge on any atom is 0.243 e. The molecule has 0 spiro atoms. The first-order valence-corrected chi connectivity index (χ1v) is 12.2. The maximum absolute atomic E-state index is 13.3. The summed E-state index contributed by atoms with van der Waals surface area (Å²) in [7, 11) is 1.61. The van der Waals surface area contributed by atoms with Gasteiger partial charge in [-0.25, -0.2) is 0 Å². The number of hydrogen-bond acceptors (Lipinski definition) is 4. The van der Waals surface area contributed by atoms with Crippen LogP contribution in [0.3, 0.4) is 0 Å². The third-order valence-corrected chi connectivity index (χ3v) is 5.98. The highest BCUT2D eigenvalue weighted by Crippen LogP contribution is 2.21. The molecule has 2 aromatic rings. The van der Waals surface area contributed by atoms with Gasteiger partial charge in [-0.2, -0.15) is 0 Å². The molecule has 2 aromatic carbocycles. The number of nitrogens with one attached hydrogen (secondary N) is 1. The smallest absolute Gasteiger partial charge is 0.243 e. The van der Waals surface area contributed by atoms with Gasteiger partial charge in [0.1, 0.15) is 11.8 Å². The predicted octanol–water partition coefficient (Wildman–Crippen LogP) is 5.30. The Balaban J connectivity index is 2.18. The Labute approximate surface area is 200 Å². The molecular formula is C25H33ClN2O3S. The van der Waals surface area contributed by atoms with E-state index in [2.05, 4.69) is 5.32 Å². The molecule has 1 N–H and O–H groups in total. The number of amides is 2. The molecule has 5 nitrogen and oxygen atoms in total. The Morgan fingerprint density at radius 1 is 1.12 bits per heavy atom. The Morgan fingerprint density at radius 3 is 2.44 bits per heavy atom. The molecule has 1 atom stereocenters. The fourth-order valence-corrected chi connectivity index (χ4v) is 4.38. The SMILES string of the molecule is CC[C@@H](C(=O)NC(C)(C)C)N(Cc1cccc(OC)c1)C(=O)CSCc1cccc(Cl)c1. The lowest BCUT2D eigenvalue weighted by atomic mass is 10.1. The van der Waals surface area contributed by atoms with Gasteiger partial charge >= 0.3 is 0 Å². The normalized spacial score (nSPS) is 12.2. The van der Waals surface area contributed by atoms with Gasteiger partial charge in [-0.1, -0.05) is 42.8 Å². The average molecular weight is 477 g/mol. The third kappa shape index (κ3) is 8.40. The van der Waals surface area contributed by atoms with Crippen molar-refractivity contribution in [3.8, 4) is 5.75 Å². The average Bonchev–Trinajstić information content (AvgIpc) is 2.72. The number of methoxy groups -OCH3 is 1. The van der Waals surface area contributed by atoms with Crippen LogP contribution >= 0.6 is 23.4 Å². The molecule has 0 aliphatic rings. The quantitative estimate of drug-likeness (QED) is 0.505. The minimum Gasteiger partial charge on any atom is -0.497 e. The van der Waals surface area contributed by atoms with Crippen molar-refractivity contribution in [2.75, 3.05) is 12.9 Å². The van der Waals surface area contributed by atoms with E-state index in [0.717, 1.165) is 16.9 Å². The van der Waals surface area contributed by atoms with Crippen molar-refractivity contribution in [1.29, 1.82) is 0 Å². The van der Waals surface area contributed by atoms with Crippen molar-refractivity contribution in [2.45, 2.75) is 58.0 Å². The van der Waals surface area contributed by atoms with E-state index in [1.165, 1.54) is 11.8 Å². The molecule has 0 bridgehead atoms. The molecule has 0 saturated heterocycles. The molecule has 0 aliphatic heterocycles. The van der Waals surface area contributed by atoms with E-state index in [0.29, 0.717) is 23.7 Å². The fourth-order valence-electron chi connectivity index (χ4n) is 3.31. The topological polar surface area (TPSA) is 58.6 Å². The number of thioether (sulfide) groups is 1. The summed E-state index contributed by atoms with van der Waals surface area (Å²) in [5, 5.41) is 3.70. The second kappa shape index (κ2) is 12.2. The Hall–Kier alpha value is -2.18. The van der Waals surface area contributed by atoms with Gasteiger partial charge in [0.05, 0.1) is 12.9 Å². The van der Waals surface area contributed by atoms with Gasteiger partial charge in [-0.15, -0.1) is 11.8 Å². The number of halogens is 1. The lowest BCUT2D eigenvalue weighted by Gasteiger charge is -2.33. The fraction of sp³-hybridized carbons (Fsp3) is 0.440. The van der Waals surface area contributed by atoms with E-state index >= 15 is 0 Å². The minimum absolute atomic E-state index is 0.0734. The molecule has 0 saturated carbocycles. The van der Waals surface area contributed by atoms with Crippen LogP contribution in [0.15, 0.2) is 48.5 Å². The first kappa shape index (κ1) is 26.1. The van der Waals surface area contributed by atoms with Crippen LogP contribution in [-0.2, 0) is 21.9 Å². The maximum atomic E-state index is 13.3. The van der Waals surface area contributed by atoms with Crippen molar-refractivity contribution >= 4 is 35.2 Å². The predicted molar refractivity (Wildman–Crippen MR) is 133 cm³/mol. The molecule has 7 heteroatoms. The van der Waals surface area contributed by atoms with Gasteiger partial charge in [0.2, 0.25) is 11.8 Å². The zero-order chi connectivity index (χ0) is 23.7. The van der Waals surface area contributed by atoms with Crippen molar-refractivity contribution in [3.63, 3.8) is 0 Å². The number of carbonyl (C=O) groups is 2. The summed E-state index contributed by atoms with van der Waals surface area (Å²) in [6.07, 6.45) is 0.524. The highest BCUT2D eigenvalue weighted by atomic mass is 35.5. The third-order valence-electron chi connectivity index (χ3n) is 4.75. The van der Waals surface area contributed by atoms with Crippen LogP contribution < -0.4 is 10.1 Å². The van der Waals surface area contributed by atoms with Crippen LogP contribution in [0.25, 0.3) is 0 Å². The molecule has 2 amide bonds. The number of benzene rings is 2. The lowest BCUT2D eigenvalue weighted by molar-refractivity contribution is -0.140. The van der Waals surface area contributed by atoms with Crippen LogP contribution in [0, 0.1) is 0 Å². The molecule has 0 heterocycles. The molecule has 0 aliphatic carbocycles. The summed E-state index contributed by atoms with van der Waals surface area (Å²) in [6.45, 7) is 8.08. The molecular weight excluding hydrogens is 444 g/mol. The molecule has 32 heavy (non-hydrogen) atoms. The van der Waals surface area contributed by atoms with Crippen LogP contribution in [0.5, 0.6) is 5.75 Å². The summed E-state index contributed by atoms with van der Waals surface area (Å²) in [4.78, 5) is 28.0. The highest BCUT2D eigenvalue weighted by molar-refractivity contribution is 7.99. The summed E-state index contributed by atoms with van der Waals surface area (Å²) in [6, 6.07) is 14.7. The zero-order valence-electron chi connectivity index (χ0n) is 19.5. The molecule has 174 valence electrons. The van der Waals surface area contributed by atoms with Gasteiger partial charge < -0.3 is 15.0 Å². The number of carbonyl (C=O) groups excluding carboxylic acids is 2. The largest absolute Gasteiger partial charge is 0.497 e. The Kier molecular flexibility index (Phi) is 9.91. The zero-order valence-corrected chi connectivity index (χ0v) is 21.1. The molecule has 0 aromatic heterocycles. The van der Waals surface area contributed by atoms with Gasteiger partial charge in [-0.05, 0) is 62.6 Å². The monoisotopic (exact) mass is 476 g/mol. The van der Waals surface area contributed by atoms with E-state index < -0.39 is 6.04 Å². The van der Waals surface area contributed by atoms with Crippen LogP contribution in [0.2, 0.25) is 5.02 Å². The number of rotatable bonds is 10. The standard InChI is InChI=1S/C25H33ClN2O3S/c1-6-22(24(30)27-25(2,3)4)28(15-18-9-8-12-21(14-18)31-5)23(29)17-32-16-19-10-7-11-20(26)13-19/h7-14,22H,6,15-17H2,1-5H3,(H,27,30)/t22-/m0/s1. The van der Waals surface area contributed by atoms with Gasteiger partial charge in [-0.3, -0.25) is 9.59 Å². The summed E-state index contributed by atoms with van der Waals surface area (Å²) >= 11 is 7.58. The van der Waals surface area contributed by atoms with Crippen LogP contribution in [0.1, 0.15) is 45.2 Å². The number of ether oxygens (including phenoxy) is 1. The molecule has 0 unspecified atom stereocenters. The summed E-state index contributed by atoms with van der Waals surface area (Å²) in [5.74, 6) is 1.45. The van der Waals surface area contributed by atoms with E-state index in [1.807, 2.05) is 76.2 Å².